The summed E-state index contributed by atoms with van der Waals surface area (Å²) in [6.45, 7) is 3.69. The Kier molecular flexibility index (Phi) is 7.45. The van der Waals surface area contributed by atoms with Crippen LogP contribution in [-0.2, 0) is 19.1 Å². The van der Waals surface area contributed by atoms with Gasteiger partial charge in [-0.3, -0.25) is 14.4 Å². The van der Waals surface area contributed by atoms with Gasteiger partial charge in [-0.05, 0) is 55.8 Å². The van der Waals surface area contributed by atoms with E-state index in [1.165, 1.54) is 0 Å². The third-order valence-electron chi connectivity index (χ3n) is 5.89. The van der Waals surface area contributed by atoms with E-state index in [-0.39, 0.29) is 37.4 Å². The molecule has 1 aliphatic heterocycles. The van der Waals surface area contributed by atoms with Crippen molar-refractivity contribution in [2.45, 2.75) is 26.3 Å². The van der Waals surface area contributed by atoms with Gasteiger partial charge >= 0.3 is 5.97 Å². The van der Waals surface area contributed by atoms with Crippen molar-refractivity contribution >= 4 is 23.5 Å². The second-order valence-corrected chi connectivity index (χ2v) is 8.62. The Labute approximate surface area is 204 Å². The Balaban J connectivity index is 1.27. The van der Waals surface area contributed by atoms with E-state index >= 15 is 0 Å². The molecule has 2 amide bonds. The van der Waals surface area contributed by atoms with Crippen molar-refractivity contribution in [3.05, 3.63) is 90.0 Å². The monoisotopic (exact) mass is 472 g/mol. The molecule has 180 valence electrons. The van der Waals surface area contributed by atoms with Crippen molar-refractivity contribution in [2.75, 3.05) is 18.1 Å². The van der Waals surface area contributed by atoms with Crippen LogP contribution in [0.3, 0.4) is 0 Å². The lowest BCUT2D eigenvalue weighted by molar-refractivity contribution is -0.152. The zero-order valence-corrected chi connectivity index (χ0v) is 19.8. The molecule has 0 spiro atoms. The highest BCUT2D eigenvalue weighted by Gasteiger charge is 2.36. The molecule has 0 radical (unpaired) electrons. The number of carbonyl (C=O) groups excluding carboxylic acids is 3. The summed E-state index contributed by atoms with van der Waals surface area (Å²) in [6, 6.07) is 24.2. The predicted octanol–water partition coefficient (Wildman–Crippen LogP) is 4.56. The molecule has 1 heterocycles. The van der Waals surface area contributed by atoms with Gasteiger partial charge in [-0.1, -0.05) is 48.0 Å². The van der Waals surface area contributed by atoms with Crippen LogP contribution >= 0.6 is 0 Å². The van der Waals surface area contributed by atoms with Gasteiger partial charge in [0.15, 0.2) is 6.61 Å². The highest BCUT2D eigenvalue weighted by atomic mass is 16.5. The normalized spacial score (nSPS) is 16.0. The summed E-state index contributed by atoms with van der Waals surface area (Å²) in [6.07, 6.45) is 0.0441. The average molecular weight is 473 g/mol. The van der Waals surface area contributed by atoms with Crippen molar-refractivity contribution in [1.29, 1.82) is 0 Å². The average Bonchev–Trinajstić information content (AvgIpc) is 3.26. The number of rotatable bonds is 8. The molecule has 3 aromatic rings. The van der Waals surface area contributed by atoms with E-state index in [9.17, 15) is 14.4 Å². The summed E-state index contributed by atoms with van der Waals surface area (Å²) >= 11 is 0. The Bertz CT molecular complexity index is 1180. The summed E-state index contributed by atoms with van der Waals surface area (Å²) < 4.78 is 11.0. The first-order chi connectivity index (χ1) is 16.9. The van der Waals surface area contributed by atoms with E-state index in [1.54, 1.807) is 29.2 Å². The van der Waals surface area contributed by atoms with Crippen LogP contribution in [0.25, 0.3) is 0 Å². The molecule has 0 unspecified atom stereocenters. The number of hydrogen-bond acceptors (Lipinski definition) is 5. The molecular weight excluding hydrogens is 444 g/mol. The van der Waals surface area contributed by atoms with E-state index in [0.717, 1.165) is 16.9 Å². The molecule has 2 atom stereocenters. The van der Waals surface area contributed by atoms with Gasteiger partial charge in [-0.2, -0.15) is 0 Å². The van der Waals surface area contributed by atoms with E-state index in [2.05, 4.69) is 5.32 Å². The number of ether oxygens (including phenoxy) is 2. The van der Waals surface area contributed by atoms with Crippen molar-refractivity contribution in [2.24, 2.45) is 5.92 Å². The number of amides is 2. The smallest absolute Gasteiger partial charge is 0.311 e. The fourth-order valence-corrected chi connectivity index (χ4v) is 3.91. The standard InChI is InChI=1S/C28H28N2O5/c1-19-8-12-24(13-9-19)35-25-14-10-23(11-15-25)30-17-22(16-27(30)32)28(33)34-18-26(31)29-20(2)21-6-4-3-5-7-21/h3-15,20,22H,16-18H2,1-2H3,(H,29,31)/t20-,22-/m1/s1. The maximum Gasteiger partial charge on any atom is 0.311 e. The van der Waals surface area contributed by atoms with Gasteiger partial charge in [0.25, 0.3) is 5.91 Å². The number of aryl methyl sites for hydroxylation is 1. The molecule has 1 N–H and O–H groups in total. The molecule has 1 saturated heterocycles. The number of nitrogens with zero attached hydrogens (tertiary/aromatic N) is 1. The summed E-state index contributed by atoms with van der Waals surface area (Å²) in [5.74, 6) is -0.351. The van der Waals surface area contributed by atoms with Gasteiger partial charge < -0.3 is 19.7 Å². The molecule has 0 bridgehead atoms. The largest absolute Gasteiger partial charge is 0.457 e. The molecule has 35 heavy (non-hydrogen) atoms. The number of nitrogens with one attached hydrogen (secondary N) is 1. The molecule has 1 aliphatic rings. The number of carbonyl (C=O) groups is 3. The first kappa shape index (κ1) is 24.0. The predicted molar refractivity (Wildman–Crippen MR) is 132 cm³/mol. The second kappa shape index (κ2) is 10.9. The molecule has 7 heteroatoms. The number of benzene rings is 3. The third kappa shape index (κ3) is 6.26. The molecule has 3 aromatic carbocycles. The van der Waals surface area contributed by atoms with Crippen molar-refractivity contribution in [1.82, 2.24) is 5.32 Å². The van der Waals surface area contributed by atoms with Gasteiger partial charge in [0, 0.05) is 18.7 Å². The highest BCUT2D eigenvalue weighted by molar-refractivity contribution is 5.99. The molecule has 4 rings (SSSR count). The van der Waals surface area contributed by atoms with Gasteiger partial charge in [-0.15, -0.1) is 0 Å². The Hall–Kier alpha value is -4.13. The first-order valence-electron chi connectivity index (χ1n) is 11.5. The van der Waals surface area contributed by atoms with Gasteiger partial charge in [0.05, 0.1) is 12.0 Å². The van der Waals surface area contributed by atoms with Gasteiger partial charge in [0.1, 0.15) is 11.5 Å². The maximum absolute atomic E-state index is 12.5. The quantitative estimate of drug-likeness (QED) is 0.486. The Morgan fingerprint density at radius 2 is 1.60 bits per heavy atom. The number of anilines is 1. The Morgan fingerprint density at radius 3 is 2.26 bits per heavy atom. The van der Waals surface area contributed by atoms with Crippen LogP contribution in [0.5, 0.6) is 11.5 Å². The van der Waals surface area contributed by atoms with Gasteiger partial charge in [0.2, 0.25) is 5.91 Å². The summed E-state index contributed by atoms with van der Waals surface area (Å²) in [4.78, 5) is 38.8. The third-order valence-corrected chi connectivity index (χ3v) is 5.89. The summed E-state index contributed by atoms with van der Waals surface area (Å²) in [7, 11) is 0. The maximum atomic E-state index is 12.5. The first-order valence-corrected chi connectivity index (χ1v) is 11.5. The molecule has 0 saturated carbocycles. The van der Waals surface area contributed by atoms with Crippen LogP contribution < -0.4 is 15.0 Å². The number of esters is 1. The molecule has 0 aliphatic carbocycles. The van der Waals surface area contributed by atoms with Crippen LogP contribution in [-0.4, -0.2) is 30.9 Å². The molecule has 7 nitrogen and oxygen atoms in total. The van der Waals surface area contributed by atoms with Crippen molar-refractivity contribution < 1.29 is 23.9 Å². The van der Waals surface area contributed by atoms with Crippen LogP contribution in [0.15, 0.2) is 78.9 Å². The minimum atomic E-state index is -0.620. The second-order valence-electron chi connectivity index (χ2n) is 8.62. The van der Waals surface area contributed by atoms with Crippen molar-refractivity contribution in [3.63, 3.8) is 0 Å². The lowest BCUT2D eigenvalue weighted by Gasteiger charge is -2.17. The lowest BCUT2D eigenvalue weighted by Crippen LogP contribution is -2.32. The topological polar surface area (TPSA) is 84.9 Å². The minimum absolute atomic E-state index is 0.0441. The molecule has 0 aromatic heterocycles. The zero-order valence-electron chi connectivity index (χ0n) is 19.8. The lowest BCUT2D eigenvalue weighted by atomic mass is 10.1. The minimum Gasteiger partial charge on any atom is -0.457 e. The van der Waals surface area contributed by atoms with Crippen molar-refractivity contribution in [3.8, 4) is 11.5 Å². The van der Waals surface area contributed by atoms with Gasteiger partial charge in [-0.25, -0.2) is 0 Å². The molecule has 1 fully saturated rings. The summed E-state index contributed by atoms with van der Waals surface area (Å²) in [5, 5.41) is 2.81. The van der Waals surface area contributed by atoms with E-state index < -0.39 is 11.9 Å². The Morgan fingerprint density at radius 1 is 0.971 bits per heavy atom. The fraction of sp³-hybridized carbons (Fsp3) is 0.250. The van der Waals surface area contributed by atoms with E-state index in [4.69, 9.17) is 9.47 Å². The zero-order chi connectivity index (χ0) is 24.8. The van der Waals surface area contributed by atoms with Crippen LogP contribution in [0.2, 0.25) is 0 Å². The van der Waals surface area contributed by atoms with Crippen LogP contribution in [0.4, 0.5) is 5.69 Å². The van der Waals surface area contributed by atoms with Crippen LogP contribution in [0, 0.1) is 12.8 Å². The SMILES string of the molecule is Cc1ccc(Oc2ccc(N3C[C@H](C(=O)OCC(=O)N[C@H](C)c4ccccc4)CC3=O)cc2)cc1. The van der Waals surface area contributed by atoms with E-state index in [0.29, 0.717) is 11.4 Å². The fourth-order valence-electron chi connectivity index (χ4n) is 3.91. The number of hydrogen-bond donors (Lipinski definition) is 1. The van der Waals surface area contributed by atoms with E-state index in [1.807, 2.05) is 68.4 Å². The summed E-state index contributed by atoms with van der Waals surface area (Å²) in [5.41, 5.74) is 2.78. The highest BCUT2D eigenvalue weighted by Crippen LogP contribution is 2.29. The molecular formula is C28H28N2O5. The van der Waals surface area contributed by atoms with Crippen LogP contribution in [0.1, 0.15) is 30.5 Å².